The molecule has 0 radical (unpaired) electrons. The molecule has 0 aromatic heterocycles. The molecule has 0 spiro atoms. The van der Waals surface area contributed by atoms with E-state index in [0.717, 1.165) is 16.7 Å². The first-order valence-corrected chi connectivity index (χ1v) is 12.9. The summed E-state index contributed by atoms with van der Waals surface area (Å²) in [6.45, 7) is -0.0215. The number of nitriles is 1. The van der Waals surface area contributed by atoms with Crippen LogP contribution >= 0.6 is 57.9 Å². The fraction of sp³-hybridized carbons (Fsp3) is 0.182. The van der Waals surface area contributed by atoms with Crippen LogP contribution in [0.2, 0.25) is 0 Å². The first-order chi connectivity index (χ1) is 8.15. The van der Waals surface area contributed by atoms with Crippen LogP contribution in [-0.2, 0) is 13.0 Å². The Morgan fingerprint density at radius 2 is 2.00 bits per heavy atom. The first kappa shape index (κ1) is 15.5. The van der Waals surface area contributed by atoms with E-state index < -0.39 is 0 Å². The maximum Gasteiger partial charge on any atom is 0.0965 e. The highest BCUT2D eigenvalue weighted by molar-refractivity contribution is 14.3. The molecule has 0 saturated carbocycles. The van der Waals surface area contributed by atoms with E-state index in [1.165, 1.54) is 0 Å². The maximum absolute atomic E-state index is 9.13. The summed E-state index contributed by atoms with van der Waals surface area (Å²) in [5.74, 6) is 3.05. The molecule has 1 N–H and O–H groups in total. The van der Waals surface area contributed by atoms with Crippen molar-refractivity contribution in [1.82, 2.24) is 0 Å². The monoisotopic (exact) mass is 487 g/mol. The van der Waals surface area contributed by atoms with Gasteiger partial charge >= 0.3 is 0 Å². The zero-order chi connectivity index (χ0) is 12.7. The van der Waals surface area contributed by atoms with Gasteiger partial charge in [-0.3, -0.25) is 0 Å². The van der Waals surface area contributed by atoms with Gasteiger partial charge in [0.25, 0.3) is 0 Å². The number of rotatable bonds is 3. The molecule has 1 aromatic carbocycles. The quantitative estimate of drug-likeness (QED) is 0.391. The molecule has 1 rings (SSSR count). The van der Waals surface area contributed by atoms with Gasteiger partial charge in [0.15, 0.2) is 0 Å². The summed E-state index contributed by atoms with van der Waals surface area (Å²) < 4.78 is -0.141. The van der Waals surface area contributed by atoms with Crippen molar-refractivity contribution in [2.24, 2.45) is 0 Å². The molecule has 0 amide bonds. The van der Waals surface area contributed by atoms with Gasteiger partial charge in [-0.15, -0.1) is 0 Å². The van der Waals surface area contributed by atoms with Crippen LogP contribution in [0.1, 0.15) is 16.7 Å². The molecular weight excluding hydrogens is 479 g/mol. The molecule has 2 nitrogen and oxygen atoms in total. The van der Waals surface area contributed by atoms with Crippen LogP contribution in [0, 0.1) is 22.5 Å². The van der Waals surface area contributed by atoms with Crippen LogP contribution in [0.3, 0.4) is 0 Å². The highest BCUT2D eigenvalue weighted by Gasteiger charge is 1.99. The molecule has 0 atom stereocenters. The fourth-order valence-corrected chi connectivity index (χ4v) is 3.58. The van der Waals surface area contributed by atoms with E-state index in [-0.39, 0.29) is 9.02 Å². The van der Waals surface area contributed by atoms with Crippen LogP contribution in [0.5, 0.6) is 0 Å². The van der Waals surface area contributed by atoms with Crippen LogP contribution in [-0.4, -0.2) is 5.11 Å². The largest absolute Gasteiger partial charge is 0.392 e. The summed E-state index contributed by atoms with van der Waals surface area (Å²) >= 11 is 6.30. The third-order valence-electron chi connectivity index (χ3n) is 1.83. The van der Waals surface area contributed by atoms with E-state index >= 15 is 0 Å². The lowest BCUT2D eigenvalue weighted by Gasteiger charge is -2.01. The predicted octanol–water partition coefficient (Wildman–Crippen LogP) is 4.38. The van der Waals surface area contributed by atoms with Crippen molar-refractivity contribution in [3.05, 3.63) is 34.9 Å². The lowest BCUT2D eigenvalue weighted by molar-refractivity contribution is 0.281. The number of halogens is 2. The third-order valence-corrected chi connectivity index (χ3v) is 6.39. The summed E-state index contributed by atoms with van der Waals surface area (Å²) in [4.78, 5) is 0. The van der Waals surface area contributed by atoms with E-state index in [4.69, 9.17) is 10.4 Å². The number of nitrogens with zero attached hydrogens (tertiary/aromatic N) is 1. The van der Waals surface area contributed by atoms with Crippen molar-refractivity contribution in [2.75, 3.05) is 0 Å². The molecule has 0 fully saturated rings. The zero-order valence-electron chi connectivity index (χ0n) is 8.65. The molecule has 0 aliphatic rings. The van der Waals surface area contributed by atoms with Gasteiger partial charge in [-0.05, 0) is 84.0 Å². The van der Waals surface area contributed by atoms with Crippen molar-refractivity contribution < 1.29 is 5.11 Å². The van der Waals surface area contributed by atoms with Crippen molar-refractivity contribution in [3.63, 3.8) is 0 Å². The Morgan fingerprint density at radius 3 is 2.59 bits per heavy atom. The molecule has 0 unspecified atom stereocenters. The van der Waals surface area contributed by atoms with Gasteiger partial charge in [0.1, 0.15) is 0 Å². The van der Waals surface area contributed by atoms with Gasteiger partial charge in [-0.2, -0.15) is 5.26 Å². The minimum Gasteiger partial charge on any atom is -0.392 e. The lowest BCUT2D eigenvalue weighted by Crippen LogP contribution is -1.90. The van der Waals surface area contributed by atoms with E-state index in [1.807, 2.05) is 18.2 Å². The SMILES string of the molecule is N#CCc1cc(C#CSP(I)I)cc(CO)c1. The first-order valence-electron chi connectivity index (χ1n) is 4.56. The molecule has 1 aromatic rings. The van der Waals surface area contributed by atoms with E-state index in [2.05, 4.69) is 61.3 Å². The molecule has 88 valence electrons. The van der Waals surface area contributed by atoms with Gasteiger partial charge in [0, 0.05) is 5.56 Å². The average Bonchev–Trinajstić information content (AvgIpc) is 2.28. The van der Waals surface area contributed by atoms with Crippen molar-refractivity contribution >= 4 is 57.9 Å². The summed E-state index contributed by atoms with van der Waals surface area (Å²) in [5.41, 5.74) is 2.57. The topological polar surface area (TPSA) is 44.0 Å². The number of aliphatic hydroxyl groups excluding tert-OH is 1. The van der Waals surface area contributed by atoms with Crippen molar-refractivity contribution in [3.8, 4) is 17.2 Å². The summed E-state index contributed by atoms with van der Waals surface area (Å²) in [7, 11) is 0. The van der Waals surface area contributed by atoms with Crippen molar-refractivity contribution in [1.29, 1.82) is 5.26 Å². The zero-order valence-corrected chi connectivity index (χ0v) is 14.7. The van der Waals surface area contributed by atoms with Crippen LogP contribution in [0.15, 0.2) is 18.2 Å². The summed E-state index contributed by atoms with van der Waals surface area (Å²) in [6, 6.07) is 7.70. The standard InChI is InChI=1S/C11H8I2NOPS/c12-16(13)17-4-2-10-5-9(1-3-14)6-11(7-10)8-15/h5-7,15H,1,8H2. The predicted molar refractivity (Wildman–Crippen MR) is 91.1 cm³/mol. The second-order valence-electron chi connectivity index (χ2n) is 3.05. The number of aliphatic hydroxyl groups is 1. The second kappa shape index (κ2) is 8.55. The number of hydrogen-bond donors (Lipinski definition) is 1. The fourth-order valence-electron chi connectivity index (χ4n) is 1.24. The van der Waals surface area contributed by atoms with Crippen LogP contribution < -0.4 is 0 Å². The van der Waals surface area contributed by atoms with E-state index in [1.54, 1.807) is 11.4 Å². The van der Waals surface area contributed by atoms with Gasteiger partial charge in [0.05, 0.1) is 21.5 Å². The number of hydrogen-bond acceptors (Lipinski definition) is 3. The minimum absolute atomic E-state index is 0.0215. The molecule has 0 aliphatic heterocycles. The molecular formula is C11H8I2NOPS. The minimum atomic E-state index is -0.141. The Bertz CT molecular complexity index is 490. The average molecular weight is 487 g/mol. The second-order valence-corrected chi connectivity index (χ2v) is 20.7. The Morgan fingerprint density at radius 1 is 1.29 bits per heavy atom. The smallest absolute Gasteiger partial charge is 0.0965 e. The van der Waals surface area contributed by atoms with Gasteiger partial charge in [-0.25, -0.2) is 0 Å². The Hall–Kier alpha value is 0.470. The highest BCUT2D eigenvalue weighted by Crippen LogP contribution is 2.64. The Labute approximate surface area is 132 Å². The van der Waals surface area contributed by atoms with Gasteiger partial charge < -0.3 is 5.11 Å². The van der Waals surface area contributed by atoms with E-state index in [9.17, 15) is 0 Å². The normalized spacial score (nSPS) is 9.59. The van der Waals surface area contributed by atoms with E-state index in [0.29, 0.717) is 6.42 Å². The maximum atomic E-state index is 9.13. The molecule has 0 saturated heterocycles. The summed E-state index contributed by atoms with van der Waals surface area (Å²) in [6.07, 6.45) is 0.348. The Balaban J connectivity index is 2.93. The molecule has 0 aliphatic carbocycles. The van der Waals surface area contributed by atoms with Crippen molar-refractivity contribution in [2.45, 2.75) is 13.0 Å². The highest BCUT2D eigenvalue weighted by atomic mass is 127. The molecule has 17 heavy (non-hydrogen) atoms. The summed E-state index contributed by atoms with van der Waals surface area (Å²) in [5, 5.41) is 20.8. The number of benzene rings is 1. The third kappa shape index (κ3) is 6.26. The molecule has 0 heterocycles. The van der Waals surface area contributed by atoms with Crippen LogP contribution in [0.25, 0.3) is 0 Å². The van der Waals surface area contributed by atoms with Gasteiger partial charge in [-0.1, -0.05) is 12.0 Å². The molecule has 6 heteroatoms. The Kier molecular flexibility index (Phi) is 7.81. The molecule has 0 bridgehead atoms. The van der Waals surface area contributed by atoms with Crippen LogP contribution in [0.4, 0.5) is 0 Å². The van der Waals surface area contributed by atoms with Gasteiger partial charge in [0.2, 0.25) is 0 Å². The lowest BCUT2D eigenvalue weighted by atomic mass is 10.0.